The molecule has 1 aliphatic heterocycles. The van der Waals surface area contributed by atoms with Crippen molar-refractivity contribution in [3.05, 3.63) is 57.9 Å². The van der Waals surface area contributed by atoms with E-state index in [1.807, 2.05) is 0 Å². The standard InChI is InChI=1S/C25H26F3NO4/c1-3-15-8-6-7-13-29(15)14-18-19(30)12-11-17-22(31)21(16-9-4-5-10-20(16)32-2)24(25(26,27)28)33-23(17)18/h4-5,9-12,15,30H,3,6-8,13-14H2,1-2H3. The number of methoxy groups -OCH3 is 1. The quantitative estimate of drug-likeness (QED) is 0.508. The number of benzene rings is 2. The number of phenols is 1. The first kappa shape index (κ1) is 23.2. The predicted molar refractivity (Wildman–Crippen MR) is 119 cm³/mol. The first-order valence-corrected chi connectivity index (χ1v) is 11.0. The fourth-order valence-corrected chi connectivity index (χ4v) is 4.69. The first-order valence-electron chi connectivity index (χ1n) is 11.0. The van der Waals surface area contributed by atoms with Crippen LogP contribution in [0, 0.1) is 0 Å². The molecule has 0 saturated carbocycles. The molecule has 1 aliphatic rings. The molecule has 1 N–H and O–H groups in total. The summed E-state index contributed by atoms with van der Waals surface area (Å²) in [5.74, 6) is -1.46. The number of nitrogens with zero attached hydrogens (tertiary/aromatic N) is 1. The number of likely N-dealkylation sites (tertiary alicyclic amines) is 1. The molecule has 0 radical (unpaired) electrons. The molecule has 8 heteroatoms. The summed E-state index contributed by atoms with van der Waals surface area (Å²) >= 11 is 0. The maximum Gasteiger partial charge on any atom is 0.450 e. The number of piperidine rings is 1. The van der Waals surface area contributed by atoms with Crippen molar-refractivity contribution in [3.63, 3.8) is 0 Å². The molecule has 0 amide bonds. The Morgan fingerprint density at radius 2 is 1.94 bits per heavy atom. The third kappa shape index (κ3) is 4.31. The molecule has 3 aromatic rings. The van der Waals surface area contributed by atoms with Gasteiger partial charge in [-0.15, -0.1) is 0 Å². The van der Waals surface area contributed by atoms with Gasteiger partial charge in [0.1, 0.15) is 17.1 Å². The number of alkyl halides is 3. The lowest BCUT2D eigenvalue weighted by Crippen LogP contribution is -2.38. The Balaban J connectivity index is 1.97. The Morgan fingerprint density at radius 1 is 1.18 bits per heavy atom. The zero-order chi connectivity index (χ0) is 23.8. The molecular weight excluding hydrogens is 435 g/mol. The van der Waals surface area contributed by atoms with Crippen LogP contribution >= 0.6 is 0 Å². The number of aromatic hydroxyl groups is 1. The van der Waals surface area contributed by atoms with Crippen LogP contribution in [0.15, 0.2) is 45.6 Å². The molecule has 2 heterocycles. The van der Waals surface area contributed by atoms with E-state index in [4.69, 9.17) is 9.15 Å². The maximum atomic E-state index is 14.1. The van der Waals surface area contributed by atoms with E-state index >= 15 is 0 Å². The summed E-state index contributed by atoms with van der Waals surface area (Å²) in [6, 6.07) is 8.94. The molecule has 33 heavy (non-hydrogen) atoms. The normalized spacial score (nSPS) is 17.4. The highest BCUT2D eigenvalue weighted by Gasteiger charge is 2.40. The largest absolute Gasteiger partial charge is 0.507 e. The Kier molecular flexibility index (Phi) is 6.38. The van der Waals surface area contributed by atoms with Crippen LogP contribution in [0.4, 0.5) is 13.2 Å². The highest BCUT2D eigenvalue weighted by atomic mass is 19.4. The van der Waals surface area contributed by atoms with Gasteiger partial charge in [-0.25, -0.2) is 0 Å². The van der Waals surface area contributed by atoms with Crippen molar-refractivity contribution in [2.45, 2.75) is 51.4 Å². The van der Waals surface area contributed by atoms with Gasteiger partial charge in [-0.05, 0) is 44.0 Å². The minimum Gasteiger partial charge on any atom is -0.507 e. The van der Waals surface area contributed by atoms with Gasteiger partial charge in [0.2, 0.25) is 11.2 Å². The molecule has 1 atom stereocenters. The van der Waals surface area contributed by atoms with Gasteiger partial charge < -0.3 is 14.3 Å². The van der Waals surface area contributed by atoms with E-state index in [2.05, 4.69) is 11.8 Å². The zero-order valence-electron chi connectivity index (χ0n) is 18.5. The summed E-state index contributed by atoms with van der Waals surface area (Å²) in [5, 5.41) is 10.5. The smallest absolute Gasteiger partial charge is 0.450 e. The van der Waals surface area contributed by atoms with Gasteiger partial charge in [-0.3, -0.25) is 9.69 Å². The number of para-hydroxylation sites is 1. The van der Waals surface area contributed by atoms with E-state index in [0.717, 1.165) is 32.2 Å². The van der Waals surface area contributed by atoms with Crippen molar-refractivity contribution in [3.8, 4) is 22.6 Å². The van der Waals surface area contributed by atoms with Crippen molar-refractivity contribution < 1.29 is 27.4 Å². The highest BCUT2D eigenvalue weighted by molar-refractivity contribution is 5.87. The molecule has 4 rings (SSSR count). The fraction of sp³-hybridized carbons (Fsp3) is 0.400. The van der Waals surface area contributed by atoms with Gasteiger partial charge in [0.15, 0.2) is 0 Å². The molecule has 5 nitrogen and oxygen atoms in total. The van der Waals surface area contributed by atoms with Crippen molar-refractivity contribution in [2.75, 3.05) is 13.7 Å². The molecule has 0 bridgehead atoms. The van der Waals surface area contributed by atoms with Crippen LogP contribution in [0.1, 0.15) is 43.9 Å². The zero-order valence-corrected chi connectivity index (χ0v) is 18.5. The summed E-state index contributed by atoms with van der Waals surface area (Å²) in [6.07, 6.45) is -0.994. The van der Waals surface area contributed by atoms with E-state index < -0.39 is 22.9 Å². The number of hydrogen-bond donors (Lipinski definition) is 1. The second-order valence-corrected chi connectivity index (χ2v) is 8.30. The number of hydrogen-bond acceptors (Lipinski definition) is 5. The Hall–Kier alpha value is -3.00. The average molecular weight is 461 g/mol. The SMILES string of the molecule is CCC1CCCCN1Cc1c(O)ccc2c(=O)c(-c3ccccc3OC)c(C(F)(F)F)oc12. The number of rotatable bonds is 5. The van der Waals surface area contributed by atoms with Crippen LogP contribution in [0.2, 0.25) is 0 Å². The molecular formula is C25H26F3NO4. The lowest BCUT2D eigenvalue weighted by Gasteiger charge is -2.35. The minimum atomic E-state index is -4.93. The lowest BCUT2D eigenvalue weighted by molar-refractivity contribution is -0.152. The van der Waals surface area contributed by atoms with Gasteiger partial charge >= 0.3 is 6.18 Å². The Morgan fingerprint density at radius 3 is 2.64 bits per heavy atom. The summed E-state index contributed by atoms with van der Waals surface area (Å²) in [4.78, 5) is 15.6. The van der Waals surface area contributed by atoms with Crippen LogP contribution in [0.5, 0.6) is 11.5 Å². The maximum absolute atomic E-state index is 14.1. The number of phenolic OH excluding ortho intramolecular Hbond substituents is 1. The third-order valence-electron chi connectivity index (χ3n) is 6.35. The van der Waals surface area contributed by atoms with Crippen LogP contribution in [-0.4, -0.2) is 29.7 Å². The van der Waals surface area contributed by atoms with Crippen molar-refractivity contribution in [1.82, 2.24) is 4.90 Å². The molecule has 0 aliphatic carbocycles. The summed E-state index contributed by atoms with van der Waals surface area (Å²) in [5.41, 5.74) is -1.46. The number of ether oxygens (including phenoxy) is 1. The molecule has 2 aromatic carbocycles. The van der Waals surface area contributed by atoms with Gasteiger partial charge in [0, 0.05) is 18.2 Å². The fourth-order valence-electron chi connectivity index (χ4n) is 4.69. The predicted octanol–water partition coefficient (Wildman–Crippen LogP) is 5.96. The van der Waals surface area contributed by atoms with Crippen molar-refractivity contribution in [1.29, 1.82) is 0 Å². The van der Waals surface area contributed by atoms with Crippen molar-refractivity contribution in [2.24, 2.45) is 0 Å². The van der Waals surface area contributed by atoms with E-state index in [0.29, 0.717) is 0 Å². The number of fused-ring (bicyclic) bond motifs is 1. The summed E-state index contributed by atoms with van der Waals surface area (Å²) in [6.45, 7) is 3.03. The Bertz CT molecular complexity index is 1220. The third-order valence-corrected chi connectivity index (χ3v) is 6.35. The molecule has 176 valence electrons. The monoisotopic (exact) mass is 461 g/mol. The van der Waals surface area contributed by atoms with Crippen LogP contribution in [-0.2, 0) is 12.7 Å². The molecule has 0 spiro atoms. The highest BCUT2D eigenvalue weighted by Crippen LogP contribution is 2.41. The number of halogens is 3. The van der Waals surface area contributed by atoms with Crippen molar-refractivity contribution >= 4 is 11.0 Å². The molecule has 1 saturated heterocycles. The lowest BCUT2D eigenvalue weighted by atomic mass is 9.97. The summed E-state index contributed by atoms with van der Waals surface area (Å²) in [7, 11) is 1.33. The van der Waals surface area contributed by atoms with Gasteiger partial charge in [-0.1, -0.05) is 31.5 Å². The second-order valence-electron chi connectivity index (χ2n) is 8.30. The van der Waals surface area contributed by atoms with Gasteiger partial charge in [-0.2, -0.15) is 13.2 Å². The van der Waals surface area contributed by atoms with E-state index in [1.54, 1.807) is 6.07 Å². The second kappa shape index (κ2) is 9.09. The van der Waals surface area contributed by atoms with E-state index in [1.165, 1.54) is 37.4 Å². The average Bonchev–Trinajstić information content (AvgIpc) is 2.80. The van der Waals surface area contributed by atoms with Gasteiger partial charge in [0.25, 0.3) is 0 Å². The van der Waals surface area contributed by atoms with Crippen LogP contribution in [0.3, 0.4) is 0 Å². The van der Waals surface area contributed by atoms with Crippen LogP contribution < -0.4 is 10.2 Å². The first-order chi connectivity index (χ1) is 15.8. The molecule has 1 unspecified atom stereocenters. The van der Waals surface area contributed by atoms with E-state index in [9.17, 15) is 23.1 Å². The minimum absolute atomic E-state index is 0.000299. The van der Waals surface area contributed by atoms with Crippen LogP contribution in [0.25, 0.3) is 22.1 Å². The molecule has 1 fully saturated rings. The van der Waals surface area contributed by atoms with E-state index in [-0.39, 0.29) is 46.2 Å². The Labute approximate surface area is 189 Å². The summed E-state index contributed by atoms with van der Waals surface area (Å²) < 4.78 is 53.1. The molecule has 1 aromatic heterocycles. The topological polar surface area (TPSA) is 62.9 Å². The van der Waals surface area contributed by atoms with Gasteiger partial charge in [0.05, 0.1) is 23.6 Å².